The second-order valence-electron chi connectivity index (χ2n) is 4.50. The van der Waals surface area contributed by atoms with Crippen molar-refractivity contribution in [3.63, 3.8) is 0 Å². The molecule has 104 valence electrons. The lowest BCUT2D eigenvalue weighted by Gasteiger charge is -2.22. The van der Waals surface area contributed by atoms with Gasteiger partial charge in [-0.3, -0.25) is 4.99 Å². The van der Waals surface area contributed by atoms with Gasteiger partial charge in [0, 0.05) is 12.5 Å². The SMILES string of the molecule is C=CCC(Cl)(Cl)C(=NC(C)C)c1ccc(OC)cc1. The highest BCUT2D eigenvalue weighted by molar-refractivity contribution is 6.60. The maximum atomic E-state index is 6.39. The number of hydrogen-bond donors (Lipinski definition) is 0. The lowest BCUT2D eigenvalue weighted by molar-refractivity contribution is 0.415. The van der Waals surface area contributed by atoms with Crippen LogP contribution in [0.4, 0.5) is 0 Å². The molecule has 0 radical (unpaired) electrons. The van der Waals surface area contributed by atoms with Crippen molar-refractivity contribution in [1.82, 2.24) is 0 Å². The Kier molecular flexibility index (Phi) is 5.89. The molecule has 0 N–H and O–H groups in total. The van der Waals surface area contributed by atoms with E-state index in [2.05, 4.69) is 11.6 Å². The number of alkyl halides is 2. The highest BCUT2D eigenvalue weighted by atomic mass is 35.5. The number of halogens is 2. The Labute approximate surface area is 125 Å². The van der Waals surface area contributed by atoms with Crippen molar-refractivity contribution in [2.24, 2.45) is 4.99 Å². The van der Waals surface area contributed by atoms with Gasteiger partial charge in [0.2, 0.25) is 0 Å². The number of allylic oxidation sites excluding steroid dienone is 1. The zero-order valence-corrected chi connectivity index (χ0v) is 13.0. The van der Waals surface area contributed by atoms with Crippen molar-refractivity contribution >= 4 is 28.9 Å². The maximum Gasteiger partial charge on any atom is 0.163 e. The number of methoxy groups -OCH3 is 1. The van der Waals surface area contributed by atoms with Gasteiger partial charge in [0.1, 0.15) is 5.75 Å². The molecule has 1 aromatic carbocycles. The Morgan fingerprint density at radius 2 is 1.95 bits per heavy atom. The summed E-state index contributed by atoms with van der Waals surface area (Å²) in [5, 5.41) is 0. The monoisotopic (exact) mass is 299 g/mol. The van der Waals surface area contributed by atoms with Crippen LogP contribution in [0.15, 0.2) is 41.9 Å². The molecule has 0 aliphatic carbocycles. The molecule has 0 atom stereocenters. The Balaban J connectivity index is 3.20. The summed E-state index contributed by atoms with van der Waals surface area (Å²) in [7, 11) is 1.63. The predicted molar refractivity (Wildman–Crippen MR) is 83.9 cm³/mol. The number of ether oxygens (including phenoxy) is 1. The van der Waals surface area contributed by atoms with E-state index in [0.29, 0.717) is 12.1 Å². The highest BCUT2D eigenvalue weighted by Gasteiger charge is 2.30. The van der Waals surface area contributed by atoms with E-state index < -0.39 is 4.33 Å². The fraction of sp³-hybridized carbons (Fsp3) is 0.400. The minimum atomic E-state index is -1.07. The van der Waals surface area contributed by atoms with Gasteiger partial charge in [0.05, 0.1) is 12.8 Å². The molecule has 0 aliphatic rings. The summed E-state index contributed by atoms with van der Waals surface area (Å²) in [6.45, 7) is 7.66. The molecule has 0 saturated carbocycles. The molecule has 0 aromatic heterocycles. The molecule has 2 nitrogen and oxygen atoms in total. The number of benzene rings is 1. The van der Waals surface area contributed by atoms with Crippen LogP contribution in [0.5, 0.6) is 5.75 Å². The van der Waals surface area contributed by atoms with Crippen molar-refractivity contribution in [2.45, 2.75) is 30.6 Å². The van der Waals surface area contributed by atoms with E-state index in [1.807, 2.05) is 38.1 Å². The molecule has 0 saturated heterocycles. The zero-order chi connectivity index (χ0) is 14.5. The molecule has 1 aromatic rings. The van der Waals surface area contributed by atoms with Crippen molar-refractivity contribution in [1.29, 1.82) is 0 Å². The summed E-state index contributed by atoms with van der Waals surface area (Å²) in [6, 6.07) is 7.65. The lowest BCUT2D eigenvalue weighted by atomic mass is 10.0. The first kappa shape index (κ1) is 16.1. The van der Waals surface area contributed by atoms with E-state index in [9.17, 15) is 0 Å². The smallest absolute Gasteiger partial charge is 0.163 e. The number of hydrogen-bond acceptors (Lipinski definition) is 2. The Morgan fingerprint density at radius 1 is 1.37 bits per heavy atom. The fourth-order valence-corrected chi connectivity index (χ4v) is 2.20. The predicted octanol–water partition coefficient (Wildman–Crippen LogP) is 4.64. The molecule has 0 unspecified atom stereocenters. The largest absolute Gasteiger partial charge is 0.497 e. The molecule has 1 rings (SSSR count). The van der Waals surface area contributed by atoms with Gasteiger partial charge in [-0.25, -0.2) is 0 Å². The van der Waals surface area contributed by atoms with Crippen LogP contribution in [0.1, 0.15) is 25.8 Å². The van der Waals surface area contributed by atoms with Crippen molar-refractivity contribution in [3.05, 3.63) is 42.5 Å². The van der Waals surface area contributed by atoms with Crippen LogP contribution in [0, 0.1) is 0 Å². The minimum Gasteiger partial charge on any atom is -0.497 e. The lowest BCUT2D eigenvalue weighted by Crippen LogP contribution is -2.27. The summed E-state index contributed by atoms with van der Waals surface area (Å²) in [5.41, 5.74) is 1.55. The van der Waals surface area contributed by atoms with E-state index in [1.165, 1.54) is 0 Å². The molecule has 0 heterocycles. The minimum absolute atomic E-state index is 0.110. The second kappa shape index (κ2) is 6.97. The van der Waals surface area contributed by atoms with Crippen LogP contribution >= 0.6 is 23.2 Å². The summed E-state index contributed by atoms with van der Waals surface area (Å²) in [6.07, 6.45) is 2.13. The van der Waals surface area contributed by atoms with Gasteiger partial charge in [-0.05, 0) is 43.7 Å². The number of aliphatic imine (C=N–C) groups is 1. The van der Waals surface area contributed by atoms with Gasteiger partial charge in [-0.15, -0.1) is 6.58 Å². The average Bonchev–Trinajstić information content (AvgIpc) is 2.36. The van der Waals surface area contributed by atoms with E-state index in [-0.39, 0.29) is 6.04 Å². The van der Waals surface area contributed by atoms with Gasteiger partial charge in [-0.2, -0.15) is 0 Å². The maximum absolute atomic E-state index is 6.39. The molecule has 19 heavy (non-hydrogen) atoms. The summed E-state index contributed by atoms with van der Waals surface area (Å²) >= 11 is 12.8. The molecular formula is C15H19Cl2NO. The van der Waals surface area contributed by atoms with E-state index >= 15 is 0 Å². The summed E-state index contributed by atoms with van der Waals surface area (Å²) in [5.74, 6) is 0.783. The summed E-state index contributed by atoms with van der Waals surface area (Å²) in [4.78, 5) is 4.56. The normalized spacial score (nSPS) is 12.6. The molecule has 0 fully saturated rings. The van der Waals surface area contributed by atoms with Gasteiger partial charge < -0.3 is 4.74 Å². The third kappa shape index (κ3) is 4.55. The Bertz CT molecular complexity index is 450. The van der Waals surface area contributed by atoms with Crippen molar-refractivity contribution in [2.75, 3.05) is 7.11 Å². The van der Waals surface area contributed by atoms with E-state index in [0.717, 1.165) is 11.3 Å². The molecule has 0 spiro atoms. The van der Waals surface area contributed by atoms with E-state index in [4.69, 9.17) is 27.9 Å². The molecule has 0 amide bonds. The van der Waals surface area contributed by atoms with Crippen LogP contribution < -0.4 is 4.74 Å². The Morgan fingerprint density at radius 3 is 2.37 bits per heavy atom. The van der Waals surface area contributed by atoms with Gasteiger partial charge >= 0.3 is 0 Å². The third-order valence-corrected chi connectivity index (χ3v) is 3.16. The van der Waals surface area contributed by atoms with Crippen LogP contribution in [0.2, 0.25) is 0 Å². The standard InChI is InChI=1S/C15H19Cl2NO/c1-5-10-15(16,17)14(18-11(2)3)12-6-8-13(19-4)9-7-12/h5-9,11H,1,10H2,2-4H3. The van der Waals surface area contributed by atoms with Crippen LogP contribution in [0.25, 0.3) is 0 Å². The van der Waals surface area contributed by atoms with Crippen LogP contribution in [0.3, 0.4) is 0 Å². The first-order valence-electron chi connectivity index (χ1n) is 6.12. The molecule has 0 bridgehead atoms. The highest BCUT2D eigenvalue weighted by Crippen LogP contribution is 2.32. The number of rotatable bonds is 6. The second-order valence-corrected chi connectivity index (χ2v) is 5.98. The van der Waals surface area contributed by atoms with Crippen LogP contribution in [-0.2, 0) is 0 Å². The Hall–Kier alpha value is -0.990. The summed E-state index contributed by atoms with van der Waals surface area (Å²) < 4.78 is 4.07. The van der Waals surface area contributed by atoms with Crippen molar-refractivity contribution < 1.29 is 4.74 Å². The molecule has 0 aliphatic heterocycles. The topological polar surface area (TPSA) is 21.6 Å². The fourth-order valence-electron chi connectivity index (χ4n) is 1.67. The van der Waals surface area contributed by atoms with Crippen LogP contribution in [-0.4, -0.2) is 23.2 Å². The van der Waals surface area contributed by atoms with Crippen molar-refractivity contribution in [3.8, 4) is 5.75 Å². The molecule has 4 heteroatoms. The van der Waals surface area contributed by atoms with Gasteiger partial charge in [0.15, 0.2) is 4.33 Å². The average molecular weight is 300 g/mol. The zero-order valence-electron chi connectivity index (χ0n) is 11.5. The third-order valence-electron chi connectivity index (χ3n) is 2.50. The first-order chi connectivity index (χ1) is 8.90. The number of nitrogens with zero attached hydrogens (tertiary/aromatic N) is 1. The van der Waals surface area contributed by atoms with Gasteiger partial charge in [0.25, 0.3) is 0 Å². The quantitative estimate of drug-likeness (QED) is 0.426. The van der Waals surface area contributed by atoms with E-state index in [1.54, 1.807) is 13.2 Å². The van der Waals surface area contributed by atoms with Gasteiger partial charge in [-0.1, -0.05) is 29.3 Å². The first-order valence-corrected chi connectivity index (χ1v) is 6.87. The molecular weight excluding hydrogens is 281 g/mol.